The predicted molar refractivity (Wildman–Crippen MR) is 100 cm³/mol. The fraction of sp³-hybridized carbons (Fsp3) is 0.526. The highest BCUT2D eigenvalue weighted by molar-refractivity contribution is 7.17. The van der Waals surface area contributed by atoms with Crippen molar-refractivity contribution in [3.63, 3.8) is 0 Å². The van der Waals surface area contributed by atoms with Gasteiger partial charge in [0.2, 0.25) is 0 Å². The average molecular weight is 379 g/mol. The number of esters is 2. The molecule has 0 saturated carbocycles. The van der Waals surface area contributed by atoms with Crippen molar-refractivity contribution in [2.75, 3.05) is 11.9 Å². The molecule has 0 saturated heterocycles. The van der Waals surface area contributed by atoms with Gasteiger partial charge in [0.15, 0.2) is 6.10 Å². The Morgan fingerprint density at radius 3 is 2.77 bits per heavy atom. The molecule has 7 heteroatoms. The van der Waals surface area contributed by atoms with Crippen LogP contribution in [0.4, 0.5) is 5.00 Å². The van der Waals surface area contributed by atoms with Gasteiger partial charge in [-0.3, -0.25) is 4.79 Å². The van der Waals surface area contributed by atoms with Gasteiger partial charge >= 0.3 is 11.9 Å². The van der Waals surface area contributed by atoms with E-state index in [1.165, 1.54) is 24.3 Å². The van der Waals surface area contributed by atoms with Crippen LogP contribution in [0.25, 0.3) is 0 Å². The number of thiophene rings is 1. The molecule has 1 aromatic heterocycles. The van der Waals surface area contributed by atoms with Crippen LogP contribution in [0, 0.1) is 5.92 Å². The molecule has 2 rings (SSSR count). The topological polar surface area (TPSA) is 81.7 Å². The zero-order chi connectivity index (χ0) is 19.3. The Balaban J connectivity index is 2.23. The maximum absolute atomic E-state index is 12.4. The van der Waals surface area contributed by atoms with Crippen LogP contribution in [0.1, 0.15) is 54.9 Å². The molecule has 2 atom stereocenters. The highest BCUT2D eigenvalue weighted by Gasteiger charge is 2.30. The van der Waals surface area contributed by atoms with Crippen LogP contribution in [0.15, 0.2) is 12.2 Å². The van der Waals surface area contributed by atoms with Gasteiger partial charge in [0.25, 0.3) is 5.91 Å². The summed E-state index contributed by atoms with van der Waals surface area (Å²) in [5, 5.41) is 3.22. The normalized spacial score (nSPS) is 17.5. The lowest BCUT2D eigenvalue weighted by molar-refractivity contribution is -0.148. The molecular formula is C19H25NO5S. The Morgan fingerprint density at radius 1 is 1.38 bits per heavy atom. The van der Waals surface area contributed by atoms with Crippen LogP contribution >= 0.6 is 11.3 Å². The lowest BCUT2D eigenvalue weighted by Crippen LogP contribution is -2.29. The van der Waals surface area contributed by atoms with E-state index < -0.39 is 23.9 Å². The number of amides is 1. The van der Waals surface area contributed by atoms with Crippen molar-refractivity contribution in [3.05, 3.63) is 28.2 Å². The molecule has 0 aliphatic heterocycles. The fourth-order valence-corrected chi connectivity index (χ4v) is 4.28. The third-order valence-corrected chi connectivity index (χ3v) is 5.36. The summed E-state index contributed by atoms with van der Waals surface area (Å²) < 4.78 is 10.2. The Morgan fingerprint density at radius 2 is 2.12 bits per heavy atom. The lowest BCUT2D eigenvalue weighted by Gasteiger charge is -2.18. The van der Waals surface area contributed by atoms with E-state index in [-0.39, 0.29) is 6.61 Å². The Kier molecular flexibility index (Phi) is 6.97. The van der Waals surface area contributed by atoms with Gasteiger partial charge in [-0.1, -0.05) is 13.0 Å². The third-order valence-electron chi connectivity index (χ3n) is 4.19. The number of carbonyl (C=O) groups is 3. The highest BCUT2D eigenvalue weighted by Crippen LogP contribution is 2.40. The van der Waals surface area contributed by atoms with E-state index in [0.717, 1.165) is 29.7 Å². The molecule has 0 spiro atoms. The van der Waals surface area contributed by atoms with Crippen LogP contribution in [0.5, 0.6) is 0 Å². The molecule has 26 heavy (non-hydrogen) atoms. The van der Waals surface area contributed by atoms with Crippen LogP contribution in [0.3, 0.4) is 0 Å². The molecule has 1 aromatic rings. The first-order valence-corrected chi connectivity index (χ1v) is 9.64. The average Bonchev–Trinajstić information content (AvgIpc) is 2.91. The van der Waals surface area contributed by atoms with Crippen LogP contribution in [-0.2, 0) is 31.9 Å². The molecule has 1 aliphatic rings. The number of rotatable bonds is 6. The molecule has 0 bridgehead atoms. The van der Waals surface area contributed by atoms with Crippen molar-refractivity contribution < 1.29 is 23.9 Å². The number of ether oxygens (including phenoxy) is 2. The Labute approximate surface area is 157 Å². The summed E-state index contributed by atoms with van der Waals surface area (Å²) >= 11 is 1.41. The maximum Gasteiger partial charge on any atom is 0.341 e. The first-order chi connectivity index (χ1) is 12.4. The Bertz CT molecular complexity index is 722. The van der Waals surface area contributed by atoms with E-state index in [1.807, 2.05) is 0 Å². The summed E-state index contributed by atoms with van der Waals surface area (Å²) in [6.07, 6.45) is 4.50. The second-order valence-electron chi connectivity index (χ2n) is 6.34. The summed E-state index contributed by atoms with van der Waals surface area (Å²) in [7, 11) is 0. The zero-order valence-electron chi connectivity index (χ0n) is 15.6. The minimum Gasteiger partial charge on any atom is -0.462 e. The van der Waals surface area contributed by atoms with Gasteiger partial charge < -0.3 is 14.8 Å². The molecule has 1 amide bonds. The van der Waals surface area contributed by atoms with E-state index >= 15 is 0 Å². The summed E-state index contributed by atoms with van der Waals surface area (Å²) in [5.41, 5.74) is 1.42. The summed E-state index contributed by atoms with van der Waals surface area (Å²) in [4.78, 5) is 37.5. The standard InChI is InChI=1S/C19H25NO5S/c1-5-7-15(21)25-12(4)17(22)20-18-16(19(23)24-6-2)13-9-8-11(3)10-14(13)26-18/h5,7,11-12H,6,8-10H2,1-4H3,(H,20,22)/b7-5+/t11-,12-/m0/s1. The summed E-state index contributed by atoms with van der Waals surface area (Å²) in [5.74, 6) is -0.936. The monoisotopic (exact) mass is 379 g/mol. The van der Waals surface area contributed by atoms with Gasteiger partial charge in [0, 0.05) is 11.0 Å². The van der Waals surface area contributed by atoms with E-state index in [4.69, 9.17) is 9.47 Å². The van der Waals surface area contributed by atoms with Gasteiger partial charge in [-0.15, -0.1) is 11.3 Å². The van der Waals surface area contributed by atoms with Crippen LogP contribution in [-0.4, -0.2) is 30.6 Å². The molecule has 0 radical (unpaired) electrons. The number of anilines is 1. The lowest BCUT2D eigenvalue weighted by atomic mass is 9.88. The van der Waals surface area contributed by atoms with E-state index in [2.05, 4.69) is 12.2 Å². The van der Waals surface area contributed by atoms with Crippen molar-refractivity contribution in [1.82, 2.24) is 0 Å². The third kappa shape index (κ3) is 4.72. The second-order valence-corrected chi connectivity index (χ2v) is 7.45. The minimum atomic E-state index is -0.966. The van der Waals surface area contributed by atoms with Gasteiger partial charge in [-0.2, -0.15) is 0 Å². The molecule has 0 fully saturated rings. The Hall–Kier alpha value is -2.15. The molecule has 1 N–H and O–H groups in total. The number of allylic oxidation sites excluding steroid dienone is 1. The smallest absolute Gasteiger partial charge is 0.341 e. The van der Waals surface area contributed by atoms with Crippen LogP contribution in [0.2, 0.25) is 0 Å². The van der Waals surface area contributed by atoms with Crippen LogP contribution < -0.4 is 5.32 Å². The van der Waals surface area contributed by atoms with Crippen molar-refractivity contribution in [2.24, 2.45) is 5.92 Å². The number of hydrogen-bond acceptors (Lipinski definition) is 6. The molecule has 0 unspecified atom stereocenters. The van der Waals surface area contributed by atoms with E-state index in [1.54, 1.807) is 19.9 Å². The van der Waals surface area contributed by atoms with Crippen molar-refractivity contribution in [2.45, 2.75) is 53.1 Å². The maximum atomic E-state index is 12.4. The van der Waals surface area contributed by atoms with Gasteiger partial charge in [0.05, 0.1) is 12.2 Å². The van der Waals surface area contributed by atoms with Crippen molar-refractivity contribution >= 4 is 34.2 Å². The fourth-order valence-electron chi connectivity index (χ4n) is 2.87. The summed E-state index contributed by atoms with van der Waals surface area (Å²) in [6, 6.07) is 0. The second kappa shape index (κ2) is 8.98. The first kappa shape index (κ1) is 20.2. The highest BCUT2D eigenvalue weighted by atomic mass is 32.1. The van der Waals surface area contributed by atoms with E-state index in [0.29, 0.717) is 16.5 Å². The zero-order valence-corrected chi connectivity index (χ0v) is 16.4. The molecule has 142 valence electrons. The molecular weight excluding hydrogens is 354 g/mol. The van der Waals surface area contributed by atoms with E-state index in [9.17, 15) is 14.4 Å². The minimum absolute atomic E-state index is 0.268. The first-order valence-electron chi connectivity index (χ1n) is 8.83. The molecule has 0 aromatic carbocycles. The van der Waals surface area contributed by atoms with Crippen molar-refractivity contribution in [3.8, 4) is 0 Å². The SMILES string of the molecule is C/C=C/C(=O)O[C@@H](C)C(=O)Nc1sc2c(c1C(=O)OCC)CC[C@H](C)C2. The van der Waals surface area contributed by atoms with Gasteiger partial charge in [-0.05, 0) is 51.5 Å². The number of fused-ring (bicyclic) bond motifs is 1. The molecule has 1 heterocycles. The van der Waals surface area contributed by atoms with Gasteiger partial charge in [0.1, 0.15) is 5.00 Å². The predicted octanol–water partition coefficient (Wildman–Crippen LogP) is 3.50. The summed E-state index contributed by atoms with van der Waals surface area (Å²) in [6.45, 7) is 7.38. The number of carbonyl (C=O) groups excluding carboxylic acids is 3. The quantitative estimate of drug-likeness (QED) is 0.604. The largest absolute Gasteiger partial charge is 0.462 e. The van der Waals surface area contributed by atoms with Gasteiger partial charge in [-0.25, -0.2) is 9.59 Å². The number of hydrogen-bond donors (Lipinski definition) is 1. The number of nitrogens with one attached hydrogen (secondary N) is 1. The van der Waals surface area contributed by atoms with Crippen molar-refractivity contribution in [1.29, 1.82) is 0 Å². The molecule has 1 aliphatic carbocycles. The molecule has 6 nitrogen and oxygen atoms in total.